The highest BCUT2D eigenvalue weighted by Gasteiger charge is 2.28. The van der Waals surface area contributed by atoms with Crippen LogP contribution in [0.25, 0.3) is 0 Å². The summed E-state index contributed by atoms with van der Waals surface area (Å²) in [5.74, 6) is 9.36. The summed E-state index contributed by atoms with van der Waals surface area (Å²) in [5, 5.41) is 3.47. The Labute approximate surface area is 115 Å². The van der Waals surface area contributed by atoms with Crippen molar-refractivity contribution < 1.29 is 0 Å². The Balaban J connectivity index is 2.15. The third-order valence-electron chi connectivity index (χ3n) is 3.96. The van der Waals surface area contributed by atoms with Gasteiger partial charge in [-0.2, -0.15) is 0 Å². The summed E-state index contributed by atoms with van der Waals surface area (Å²) < 4.78 is 0. The molecule has 4 N–H and O–H groups in total. The minimum atomic E-state index is 0.529. The predicted molar refractivity (Wildman–Crippen MR) is 79.1 cm³/mol. The van der Waals surface area contributed by atoms with Crippen molar-refractivity contribution >= 4 is 11.6 Å². The van der Waals surface area contributed by atoms with Crippen LogP contribution in [0.15, 0.2) is 0 Å². The molecule has 1 aliphatic carbocycles. The summed E-state index contributed by atoms with van der Waals surface area (Å²) in [5.41, 5.74) is 3.68. The quantitative estimate of drug-likeness (QED) is 0.521. The molecule has 0 amide bonds. The zero-order chi connectivity index (χ0) is 13.8. The molecule has 5 nitrogen and oxygen atoms in total. The van der Waals surface area contributed by atoms with Crippen LogP contribution in [0.2, 0.25) is 0 Å². The zero-order valence-electron chi connectivity index (χ0n) is 12.2. The second kappa shape index (κ2) is 6.19. The van der Waals surface area contributed by atoms with Crippen LogP contribution in [0.5, 0.6) is 0 Å². The minimum Gasteiger partial charge on any atom is -0.369 e. The van der Waals surface area contributed by atoms with Gasteiger partial charge < -0.3 is 10.7 Å². The molecule has 1 heterocycles. The van der Waals surface area contributed by atoms with Gasteiger partial charge in [0, 0.05) is 18.0 Å². The lowest BCUT2D eigenvalue weighted by atomic mass is 10.0. The van der Waals surface area contributed by atoms with Crippen molar-refractivity contribution in [1.82, 2.24) is 9.97 Å². The van der Waals surface area contributed by atoms with Crippen molar-refractivity contribution in [1.29, 1.82) is 0 Å². The molecule has 1 aromatic rings. The van der Waals surface area contributed by atoms with Crippen molar-refractivity contribution in [2.75, 3.05) is 17.3 Å². The van der Waals surface area contributed by atoms with Crippen LogP contribution in [0, 0.1) is 12.8 Å². The summed E-state index contributed by atoms with van der Waals surface area (Å²) in [6.45, 7) is 7.41. The van der Waals surface area contributed by atoms with Crippen LogP contribution in [-0.2, 0) is 0 Å². The van der Waals surface area contributed by atoms with E-state index in [0.717, 1.165) is 29.6 Å². The third kappa shape index (κ3) is 3.35. The number of nitrogens with two attached hydrogens (primary N) is 1. The number of nitrogens with zero attached hydrogens (tertiary/aromatic N) is 2. The molecular weight excluding hydrogens is 238 g/mol. The summed E-state index contributed by atoms with van der Waals surface area (Å²) in [6, 6.07) is 0. The molecule has 19 heavy (non-hydrogen) atoms. The highest BCUT2D eigenvalue weighted by atomic mass is 15.3. The number of anilines is 2. The van der Waals surface area contributed by atoms with Crippen LogP contribution in [0.3, 0.4) is 0 Å². The Morgan fingerprint density at radius 3 is 2.37 bits per heavy atom. The molecule has 0 radical (unpaired) electrons. The van der Waals surface area contributed by atoms with Crippen LogP contribution in [-0.4, -0.2) is 16.5 Å². The fraction of sp³-hybridized carbons (Fsp3) is 0.714. The van der Waals surface area contributed by atoms with Gasteiger partial charge in [-0.1, -0.05) is 26.7 Å². The normalized spacial score (nSPS) is 14.8. The SMILES string of the molecule is CCC(CC)CNc1nc(C2CC2)nc(NN)c1C. The van der Waals surface area contributed by atoms with Gasteiger partial charge in [0.05, 0.1) is 0 Å². The zero-order valence-corrected chi connectivity index (χ0v) is 12.2. The molecule has 0 aliphatic heterocycles. The highest BCUT2D eigenvalue weighted by Crippen LogP contribution is 2.39. The molecule has 0 bridgehead atoms. The summed E-state index contributed by atoms with van der Waals surface area (Å²) >= 11 is 0. The number of nitrogen functional groups attached to an aromatic ring is 1. The maximum Gasteiger partial charge on any atom is 0.148 e. The first-order chi connectivity index (χ1) is 9.19. The fourth-order valence-electron chi connectivity index (χ4n) is 2.19. The second-order valence-corrected chi connectivity index (χ2v) is 5.39. The molecule has 5 heteroatoms. The smallest absolute Gasteiger partial charge is 0.148 e. The minimum absolute atomic E-state index is 0.529. The number of hydrogen-bond donors (Lipinski definition) is 3. The van der Waals surface area contributed by atoms with Crippen LogP contribution in [0.4, 0.5) is 11.6 Å². The highest BCUT2D eigenvalue weighted by molar-refractivity contribution is 5.57. The molecule has 1 aromatic heterocycles. The lowest BCUT2D eigenvalue weighted by Gasteiger charge is -2.17. The molecule has 1 saturated carbocycles. The number of nitrogens with one attached hydrogen (secondary N) is 2. The largest absolute Gasteiger partial charge is 0.369 e. The number of hydrogen-bond acceptors (Lipinski definition) is 5. The van der Waals surface area contributed by atoms with Gasteiger partial charge in [0.1, 0.15) is 17.5 Å². The third-order valence-corrected chi connectivity index (χ3v) is 3.96. The molecule has 0 spiro atoms. The molecule has 106 valence electrons. The summed E-state index contributed by atoms with van der Waals surface area (Å²) in [4.78, 5) is 9.16. The van der Waals surface area contributed by atoms with Gasteiger partial charge in [0.2, 0.25) is 0 Å². The Bertz CT molecular complexity index is 424. The van der Waals surface area contributed by atoms with Gasteiger partial charge in [-0.25, -0.2) is 15.8 Å². The Morgan fingerprint density at radius 2 is 1.84 bits per heavy atom. The lowest BCUT2D eigenvalue weighted by Crippen LogP contribution is -2.18. The van der Waals surface area contributed by atoms with Crippen molar-refractivity contribution in [2.45, 2.75) is 52.4 Å². The van der Waals surface area contributed by atoms with E-state index in [9.17, 15) is 0 Å². The van der Waals surface area contributed by atoms with Gasteiger partial charge in [-0.15, -0.1) is 0 Å². The van der Waals surface area contributed by atoms with Crippen LogP contribution < -0.4 is 16.6 Å². The average molecular weight is 263 g/mol. The van der Waals surface area contributed by atoms with Gasteiger partial charge in [0.25, 0.3) is 0 Å². The first kappa shape index (κ1) is 14.1. The maximum atomic E-state index is 5.55. The van der Waals surface area contributed by atoms with E-state index in [1.54, 1.807) is 0 Å². The van der Waals surface area contributed by atoms with E-state index >= 15 is 0 Å². The first-order valence-corrected chi connectivity index (χ1v) is 7.28. The van der Waals surface area contributed by atoms with E-state index < -0.39 is 0 Å². The Hall–Kier alpha value is -1.36. The standard InChI is InChI=1S/C14H25N5/c1-4-10(5-2)8-16-12-9(3)13(19-15)18-14(17-12)11-6-7-11/h10-11H,4-8,15H2,1-3H3,(H2,16,17,18,19). The van der Waals surface area contributed by atoms with E-state index in [4.69, 9.17) is 5.84 Å². The topological polar surface area (TPSA) is 75.9 Å². The van der Waals surface area contributed by atoms with Crippen molar-refractivity contribution in [3.8, 4) is 0 Å². The van der Waals surface area contributed by atoms with Crippen molar-refractivity contribution in [2.24, 2.45) is 11.8 Å². The van der Waals surface area contributed by atoms with Crippen LogP contribution >= 0.6 is 0 Å². The van der Waals surface area contributed by atoms with Gasteiger partial charge in [-0.3, -0.25) is 0 Å². The summed E-state index contributed by atoms with van der Waals surface area (Å²) in [6.07, 6.45) is 4.76. The molecule has 0 saturated heterocycles. The van der Waals surface area contributed by atoms with E-state index in [0.29, 0.717) is 11.8 Å². The van der Waals surface area contributed by atoms with Gasteiger partial charge >= 0.3 is 0 Å². The summed E-state index contributed by atoms with van der Waals surface area (Å²) in [7, 11) is 0. The molecular formula is C14H25N5. The second-order valence-electron chi connectivity index (χ2n) is 5.39. The van der Waals surface area contributed by atoms with Crippen LogP contribution in [0.1, 0.15) is 56.8 Å². The molecule has 0 atom stereocenters. The number of hydrazine groups is 1. The van der Waals surface area contributed by atoms with E-state index in [-0.39, 0.29) is 0 Å². The van der Waals surface area contributed by atoms with E-state index in [1.807, 2.05) is 6.92 Å². The first-order valence-electron chi connectivity index (χ1n) is 7.28. The van der Waals surface area contributed by atoms with Crippen molar-refractivity contribution in [3.63, 3.8) is 0 Å². The van der Waals surface area contributed by atoms with Gasteiger partial charge in [0.15, 0.2) is 0 Å². The Morgan fingerprint density at radius 1 is 1.21 bits per heavy atom. The maximum absolute atomic E-state index is 5.55. The van der Waals surface area contributed by atoms with E-state index in [2.05, 4.69) is 34.6 Å². The molecule has 2 rings (SSSR count). The average Bonchev–Trinajstić information content (AvgIpc) is 3.26. The number of aromatic nitrogens is 2. The fourth-order valence-corrected chi connectivity index (χ4v) is 2.19. The predicted octanol–water partition coefficient (Wildman–Crippen LogP) is 2.80. The molecule has 1 fully saturated rings. The monoisotopic (exact) mass is 263 g/mol. The Kier molecular flexibility index (Phi) is 4.58. The lowest BCUT2D eigenvalue weighted by molar-refractivity contribution is 0.518. The van der Waals surface area contributed by atoms with E-state index in [1.165, 1.54) is 25.7 Å². The van der Waals surface area contributed by atoms with Crippen molar-refractivity contribution in [3.05, 3.63) is 11.4 Å². The molecule has 0 unspecified atom stereocenters. The number of rotatable bonds is 7. The van der Waals surface area contributed by atoms with Gasteiger partial charge in [-0.05, 0) is 25.7 Å². The molecule has 1 aliphatic rings. The molecule has 0 aromatic carbocycles.